The molecule has 5 rings (SSSR count). The SMILES string of the molecule is CC(C)(C)CCS(=O)(=O)Oc1ccccc1.Cc1c(C(=O)NN2CCCCC2)nc(-c2ccc(Cl)cc2Cl)n1-c1ccc(O)cc1. The lowest BCUT2D eigenvalue weighted by Crippen LogP contribution is -2.45. The van der Waals surface area contributed by atoms with Crippen LogP contribution >= 0.6 is 23.2 Å². The maximum absolute atomic E-state index is 13.0. The van der Waals surface area contributed by atoms with Gasteiger partial charge < -0.3 is 9.29 Å². The Hall–Kier alpha value is -3.57. The lowest BCUT2D eigenvalue weighted by molar-refractivity contribution is 0.0744. The van der Waals surface area contributed by atoms with Gasteiger partial charge in [-0.25, -0.2) is 9.99 Å². The van der Waals surface area contributed by atoms with E-state index in [9.17, 15) is 18.3 Å². The highest BCUT2D eigenvalue weighted by atomic mass is 35.5. The maximum atomic E-state index is 13.0. The Morgan fingerprint density at radius 3 is 2.24 bits per heavy atom. The van der Waals surface area contributed by atoms with Crippen LogP contribution in [0.2, 0.25) is 10.0 Å². The van der Waals surface area contributed by atoms with E-state index in [0.29, 0.717) is 45.0 Å². The average Bonchev–Trinajstić information content (AvgIpc) is 3.34. The summed E-state index contributed by atoms with van der Waals surface area (Å²) in [5.41, 5.74) is 5.40. The fourth-order valence-electron chi connectivity index (χ4n) is 4.78. The summed E-state index contributed by atoms with van der Waals surface area (Å²) in [5, 5.41) is 12.6. The van der Waals surface area contributed by atoms with Crippen LogP contribution in [0.15, 0.2) is 72.8 Å². The molecule has 4 aromatic rings. The zero-order valence-corrected chi connectivity index (χ0v) is 28.8. The summed E-state index contributed by atoms with van der Waals surface area (Å²) in [6.07, 6.45) is 3.89. The first kappa shape index (κ1) is 35.3. The molecule has 12 heteroatoms. The molecule has 1 aliphatic rings. The van der Waals surface area contributed by atoms with Crippen molar-refractivity contribution in [1.82, 2.24) is 20.0 Å². The molecule has 2 N–H and O–H groups in total. The summed E-state index contributed by atoms with van der Waals surface area (Å²) in [4.78, 5) is 17.7. The summed E-state index contributed by atoms with van der Waals surface area (Å²) in [6, 6.07) is 20.5. The predicted octanol–water partition coefficient (Wildman–Crippen LogP) is 7.82. The van der Waals surface area contributed by atoms with Gasteiger partial charge in [0.05, 0.1) is 16.5 Å². The number of hydrogen-bond acceptors (Lipinski definition) is 7. The monoisotopic (exact) mass is 686 g/mol. The second-order valence-electron chi connectivity index (χ2n) is 12.3. The summed E-state index contributed by atoms with van der Waals surface area (Å²) in [5.74, 6) is 0.856. The topological polar surface area (TPSA) is 114 Å². The van der Waals surface area contributed by atoms with Crippen LogP contribution in [0.5, 0.6) is 11.5 Å². The van der Waals surface area contributed by atoms with E-state index < -0.39 is 10.1 Å². The average molecular weight is 688 g/mol. The number of rotatable bonds is 8. The third-order valence-corrected chi connectivity index (χ3v) is 8.99. The van der Waals surface area contributed by atoms with E-state index in [-0.39, 0.29) is 22.8 Å². The Balaban J connectivity index is 0.000000254. The lowest BCUT2D eigenvalue weighted by atomic mass is 9.94. The molecule has 1 aliphatic heterocycles. The minimum atomic E-state index is -3.47. The van der Waals surface area contributed by atoms with Crippen molar-refractivity contribution in [2.45, 2.75) is 53.4 Å². The molecule has 1 amide bonds. The Morgan fingerprint density at radius 1 is 0.978 bits per heavy atom. The Kier molecular flexibility index (Phi) is 11.8. The molecule has 246 valence electrons. The van der Waals surface area contributed by atoms with Crippen LogP contribution < -0.4 is 9.61 Å². The number of phenolic OH excluding ortho intramolecular Hbond substituents is 1. The highest BCUT2D eigenvalue weighted by Gasteiger charge is 2.25. The zero-order chi connectivity index (χ0) is 33.5. The van der Waals surface area contributed by atoms with Crippen molar-refractivity contribution in [2.75, 3.05) is 18.8 Å². The number of amides is 1. The molecular weight excluding hydrogens is 647 g/mol. The fraction of sp³-hybridized carbons (Fsp3) is 0.353. The predicted molar refractivity (Wildman–Crippen MR) is 183 cm³/mol. The van der Waals surface area contributed by atoms with Gasteiger partial charge in [-0.3, -0.25) is 14.8 Å². The first-order valence-corrected chi connectivity index (χ1v) is 17.4. The number of para-hydroxylation sites is 1. The fourth-order valence-corrected chi connectivity index (χ4v) is 6.63. The van der Waals surface area contributed by atoms with Gasteiger partial charge in [0.1, 0.15) is 17.3 Å². The Bertz CT molecular complexity index is 1730. The molecule has 3 aromatic carbocycles. The first-order valence-electron chi connectivity index (χ1n) is 15.1. The van der Waals surface area contributed by atoms with Gasteiger partial charge in [0.15, 0.2) is 5.69 Å². The highest BCUT2D eigenvalue weighted by Crippen LogP contribution is 2.33. The molecule has 2 heterocycles. The first-order chi connectivity index (χ1) is 21.7. The molecule has 46 heavy (non-hydrogen) atoms. The third-order valence-electron chi connectivity index (χ3n) is 7.29. The van der Waals surface area contributed by atoms with E-state index in [1.54, 1.807) is 66.7 Å². The van der Waals surface area contributed by atoms with E-state index in [4.69, 9.17) is 27.4 Å². The zero-order valence-electron chi connectivity index (χ0n) is 26.5. The number of nitrogens with zero attached hydrogens (tertiary/aromatic N) is 3. The van der Waals surface area contributed by atoms with Crippen LogP contribution in [0, 0.1) is 12.3 Å². The number of phenols is 1. The van der Waals surface area contributed by atoms with E-state index in [0.717, 1.165) is 31.6 Å². The normalized spacial score (nSPS) is 13.9. The van der Waals surface area contributed by atoms with Crippen LogP contribution in [0.1, 0.15) is 62.6 Å². The van der Waals surface area contributed by atoms with Crippen molar-refractivity contribution in [3.8, 4) is 28.6 Å². The standard InChI is InChI=1S/C22H22Cl2N4O2.C12H18O3S/c1-14-20(22(30)26-27-11-3-2-4-12-27)25-21(18-10-5-15(23)13-19(18)24)28(14)16-6-8-17(29)9-7-16;1-12(2,3)9-10-16(13,14)15-11-7-5-4-6-8-11/h5-10,13,29H,2-4,11-12H2,1H3,(H,26,30);4-8H,9-10H2,1-3H3. The number of benzene rings is 3. The number of aromatic nitrogens is 2. The van der Waals surface area contributed by atoms with Crippen molar-refractivity contribution in [3.63, 3.8) is 0 Å². The van der Waals surface area contributed by atoms with Gasteiger partial charge in [-0.15, -0.1) is 0 Å². The number of carbonyl (C=O) groups excluding carboxylic acids is 1. The van der Waals surface area contributed by atoms with Crippen molar-refractivity contribution >= 4 is 39.2 Å². The summed E-state index contributed by atoms with van der Waals surface area (Å²) in [6.45, 7) is 9.53. The van der Waals surface area contributed by atoms with Crippen molar-refractivity contribution in [1.29, 1.82) is 0 Å². The second kappa shape index (κ2) is 15.3. The second-order valence-corrected chi connectivity index (χ2v) is 14.8. The van der Waals surface area contributed by atoms with E-state index in [2.05, 4.69) is 10.4 Å². The number of hydrazine groups is 1. The number of carbonyl (C=O) groups is 1. The molecule has 0 bridgehead atoms. The Labute approximate surface area is 281 Å². The van der Waals surface area contributed by atoms with Crippen molar-refractivity contribution in [2.24, 2.45) is 5.41 Å². The van der Waals surface area contributed by atoms with Gasteiger partial charge in [-0.2, -0.15) is 8.42 Å². The number of hydrogen-bond donors (Lipinski definition) is 2. The maximum Gasteiger partial charge on any atom is 0.309 e. The molecular formula is C34H40Cl2N4O5S. The minimum absolute atomic E-state index is 0.00683. The van der Waals surface area contributed by atoms with Crippen LogP contribution in [-0.4, -0.2) is 52.8 Å². The number of imidazole rings is 1. The minimum Gasteiger partial charge on any atom is -0.508 e. The smallest absolute Gasteiger partial charge is 0.309 e. The number of halogens is 2. The number of aromatic hydroxyl groups is 1. The van der Waals surface area contributed by atoms with Crippen molar-refractivity contribution in [3.05, 3.63) is 94.2 Å². The molecule has 1 fully saturated rings. The van der Waals surface area contributed by atoms with Crippen molar-refractivity contribution < 1.29 is 22.5 Å². The molecule has 0 radical (unpaired) electrons. The molecule has 0 aliphatic carbocycles. The molecule has 0 unspecified atom stereocenters. The molecule has 1 saturated heterocycles. The Morgan fingerprint density at radius 2 is 1.63 bits per heavy atom. The molecule has 0 spiro atoms. The number of piperidine rings is 1. The lowest BCUT2D eigenvalue weighted by Gasteiger charge is -2.26. The van der Waals surface area contributed by atoms with Crippen LogP contribution in [0.25, 0.3) is 17.1 Å². The van der Waals surface area contributed by atoms with Gasteiger partial charge in [-0.1, -0.05) is 68.6 Å². The molecule has 0 atom stereocenters. The van der Waals surface area contributed by atoms with Crippen LogP contribution in [0.3, 0.4) is 0 Å². The van der Waals surface area contributed by atoms with Gasteiger partial charge in [-0.05, 0) is 86.2 Å². The quantitative estimate of drug-likeness (QED) is 0.182. The van der Waals surface area contributed by atoms with E-state index >= 15 is 0 Å². The molecule has 9 nitrogen and oxygen atoms in total. The van der Waals surface area contributed by atoms with Gasteiger partial charge in [0.25, 0.3) is 5.91 Å². The van der Waals surface area contributed by atoms with Gasteiger partial charge in [0.2, 0.25) is 0 Å². The summed E-state index contributed by atoms with van der Waals surface area (Å²) < 4.78 is 30.1. The van der Waals surface area contributed by atoms with Gasteiger partial charge in [0, 0.05) is 29.4 Å². The molecule has 0 saturated carbocycles. The number of nitrogens with one attached hydrogen (secondary N) is 1. The van der Waals surface area contributed by atoms with Gasteiger partial charge >= 0.3 is 10.1 Å². The summed E-state index contributed by atoms with van der Waals surface area (Å²) in [7, 11) is -3.47. The molecule has 1 aromatic heterocycles. The van der Waals surface area contributed by atoms with E-state index in [1.165, 1.54) is 6.42 Å². The van der Waals surface area contributed by atoms with Crippen LogP contribution in [0.4, 0.5) is 0 Å². The van der Waals surface area contributed by atoms with E-state index in [1.807, 2.05) is 43.3 Å². The summed E-state index contributed by atoms with van der Waals surface area (Å²) >= 11 is 12.5. The van der Waals surface area contributed by atoms with Crippen LogP contribution in [-0.2, 0) is 10.1 Å². The largest absolute Gasteiger partial charge is 0.508 e. The highest BCUT2D eigenvalue weighted by molar-refractivity contribution is 7.87. The third kappa shape index (κ3) is 9.96.